The maximum Gasteiger partial charge on any atom is 0.0446 e. The predicted molar refractivity (Wildman–Crippen MR) is 59.4 cm³/mol. The highest BCUT2D eigenvalue weighted by Gasteiger charge is 2.27. The number of hydrogen-bond donors (Lipinski definition) is 2. The standard InChI is InChI=1S/C11H24N2O/c1-9(2)13-10(3)4-6-12-8-11(13)5-7-14/h9-12,14H,4-8H2,1-3H3. The van der Waals surface area contributed by atoms with E-state index in [-0.39, 0.29) is 0 Å². The van der Waals surface area contributed by atoms with Crippen molar-refractivity contribution in [2.24, 2.45) is 0 Å². The Balaban J connectivity index is 2.65. The van der Waals surface area contributed by atoms with Gasteiger partial charge in [0.2, 0.25) is 0 Å². The molecule has 1 aliphatic heterocycles. The lowest BCUT2D eigenvalue weighted by Gasteiger charge is -2.37. The average Bonchev–Trinajstić information content (AvgIpc) is 2.28. The summed E-state index contributed by atoms with van der Waals surface area (Å²) in [5.74, 6) is 0. The highest BCUT2D eigenvalue weighted by Crippen LogP contribution is 2.17. The summed E-state index contributed by atoms with van der Waals surface area (Å²) in [7, 11) is 0. The van der Waals surface area contributed by atoms with Gasteiger partial charge >= 0.3 is 0 Å². The summed E-state index contributed by atoms with van der Waals surface area (Å²) in [6.45, 7) is 9.19. The Bertz CT molecular complexity index is 161. The molecule has 1 rings (SSSR count). The summed E-state index contributed by atoms with van der Waals surface area (Å²) in [6.07, 6.45) is 2.09. The van der Waals surface area contributed by atoms with E-state index < -0.39 is 0 Å². The van der Waals surface area contributed by atoms with Crippen molar-refractivity contribution in [1.82, 2.24) is 10.2 Å². The van der Waals surface area contributed by atoms with Crippen LogP contribution in [-0.2, 0) is 0 Å². The van der Waals surface area contributed by atoms with Crippen LogP contribution < -0.4 is 5.32 Å². The molecular formula is C11H24N2O. The number of nitrogens with one attached hydrogen (secondary N) is 1. The molecule has 2 N–H and O–H groups in total. The van der Waals surface area contributed by atoms with Crippen molar-refractivity contribution in [3.63, 3.8) is 0 Å². The van der Waals surface area contributed by atoms with Gasteiger partial charge in [0, 0.05) is 31.3 Å². The van der Waals surface area contributed by atoms with Crippen molar-refractivity contribution in [3.8, 4) is 0 Å². The lowest BCUT2D eigenvalue weighted by Crippen LogP contribution is -2.48. The van der Waals surface area contributed by atoms with Crippen LogP contribution in [0, 0.1) is 0 Å². The SMILES string of the molecule is CC(C)N1C(C)CCNCC1CCO. The normalized spacial score (nSPS) is 30.6. The van der Waals surface area contributed by atoms with Gasteiger partial charge in [-0.05, 0) is 40.2 Å². The van der Waals surface area contributed by atoms with Crippen molar-refractivity contribution < 1.29 is 5.11 Å². The number of hydrogen-bond acceptors (Lipinski definition) is 3. The summed E-state index contributed by atoms with van der Waals surface area (Å²) in [5, 5.41) is 12.5. The minimum atomic E-state index is 0.294. The zero-order chi connectivity index (χ0) is 10.6. The molecule has 3 heteroatoms. The summed E-state index contributed by atoms with van der Waals surface area (Å²) >= 11 is 0. The highest BCUT2D eigenvalue weighted by molar-refractivity contribution is 4.84. The molecule has 0 amide bonds. The molecule has 14 heavy (non-hydrogen) atoms. The van der Waals surface area contributed by atoms with Crippen LogP contribution >= 0.6 is 0 Å². The molecule has 0 spiro atoms. The van der Waals surface area contributed by atoms with Gasteiger partial charge in [0.25, 0.3) is 0 Å². The molecule has 0 aliphatic carbocycles. The number of nitrogens with zero attached hydrogens (tertiary/aromatic N) is 1. The maximum atomic E-state index is 9.04. The van der Waals surface area contributed by atoms with Crippen molar-refractivity contribution in [2.45, 2.75) is 51.7 Å². The van der Waals surface area contributed by atoms with E-state index in [1.54, 1.807) is 0 Å². The lowest BCUT2D eigenvalue weighted by molar-refractivity contribution is 0.0933. The van der Waals surface area contributed by atoms with Crippen molar-refractivity contribution in [1.29, 1.82) is 0 Å². The molecule has 2 atom stereocenters. The third-order valence-electron chi connectivity index (χ3n) is 3.11. The van der Waals surface area contributed by atoms with Crippen LogP contribution in [0.25, 0.3) is 0 Å². The molecule has 0 aromatic carbocycles. The monoisotopic (exact) mass is 200 g/mol. The fourth-order valence-electron chi connectivity index (χ4n) is 2.52. The Hall–Kier alpha value is -0.120. The van der Waals surface area contributed by atoms with E-state index in [9.17, 15) is 0 Å². The molecule has 0 radical (unpaired) electrons. The van der Waals surface area contributed by atoms with E-state index in [1.807, 2.05) is 0 Å². The minimum absolute atomic E-state index is 0.294. The second kappa shape index (κ2) is 5.69. The van der Waals surface area contributed by atoms with Crippen LogP contribution in [-0.4, -0.2) is 47.8 Å². The molecule has 1 fully saturated rings. The summed E-state index contributed by atoms with van der Waals surface area (Å²) < 4.78 is 0. The van der Waals surface area contributed by atoms with Crippen LogP contribution in [0.4, 0.5) is 0 Å². The van der Waals surface area contributed by atoms with Crippen LogP contribution in [0.15, 0.2) is 0 Å². The van der Waals surface area contributed by atoms with Gasteiger partial charge in [0.05, 0.1) is 0 Å². The minimum Gasteiger partial charge on any atom is -0.396 e. The van der Waals surface area contributed by atoms with Crippen molar-refractivity contribution >= 4 is 0 Å². The smallest absolute Gasteiger partial charge is 0.0446 e. The molecule has 2 unspecified atom stereocenters. The van der Waals surface area contributed by atoms with Gasteiger partial charge in [-0.2, -0.15) is 0 Å². The van der Waals surface area contributed by atoms with Gasteiger partial charge in [0.15, 0.2) is 0 Å². The van der Waals surface area contributed by atoms with Gasteiger partial charge in [0.1, 0.15) is 0 Å². The zero-order valence-electron chi connectivity index (χ0n) is 9.66. The van der Waals surface area contributed by atoms with Crippen molar-refractivity contribution in [2.75, 3.05) is 19.7 Å². The average molecular weight is 200 g/mol. The third-order valence-corrected chi connectivity index (χ3v) is 3.11. The molecule has 0 aromatic heterocycles. The Morgan fingerprint density at radius 2 is 2.21 bits per heavy atom. The first-order chi connectivity index (χ1) is 6.66. The fraction of sp³-hybridized carbons (Fsp3) is 1.00. The van der Waals surface area contributed by atoms with Crippen molar-refractivity contribution in [3.05, 3.63) is 0 Å². The summed E-state index contributed by atoms with van der Waals surface area (Å²) in [5.41, 5.74) is 0. The van der Waals surface area contributed by atoms with Gasteiger partial charge in [-0.3, -0.25) is 4.90 Å². The maximum absolute atomic E-state index is 9.04. The van der Waals surface area contributed by atoms with E-state index in [0.29, 0.717) is 24.7 Å². The van der Waals surface area contributed by atoms with Crippen LogP contribution in [0.5, 0.6) is 0 Å². The molecule has 3 nitrogen and oxygen atoms in total. The Morgan fingerprint density at radius 1 is 1.50 bits per heavy atom. The molecule has 0 saturated carbocycles. The van der Waals surface area contributed by atoms with Gasteiger partial charge in [-0.1, -0.05) is 0 Å². The lowest BCUT2D eigenvalue weighted by atomic mass is 10.1. The zero-order valence-corrected chi connectivity index (χ0v) is 9.66. The van der Waals surface area contributed by atoms with Gasteiger partial charge < -0.3 is 10.4 Å². The largest absolute Gasteiger partial charge is 0.396 e. The predicted octanol–water partition coefficient (Wildman–Crippen LogP) is 0.830. The molecule has 1 aliphatic rings. The molecule has 0 aromatic rings. The molecule has 84 valence electrons. The Kier molecular flexibility index (Phi) is 4.85. The Labute approximate surface area is 87.5 Å². The van der Waals surface area contributed by atoms with Crippen LogP contribution in [0.2, 0.25) is 0 Å². The molecule has 1 saturated heterocycles. The highest BCUT2D eigenvalue weighted by atomic mass is 16.3. The van der Waals surface area contributed by atoms with Crippen LogP contribution in [0.1, 0.15) is 33.6 Å². The molecule has 0 bridgehead atoms. The first kappa shape index (κ1) is 12.0. The van der Waals surface area contributed by atoms with Gasteiger partial charge in [-0.25, -0.2) is 0 Å². The molecular weight excluding hydrogens is 176 g/mol. The first-order valence-corrected chi connectivity index (χ1v) is 5.75. The van der Waals surface area contributed by atoms with Crippen LogP contribution in [0.3, 0.4) is 0 Å². The van der Waals surface area contributed by atoms with E-state index in [0.717, 1.165) is 19.5 Å². The Morgan fingerprint density at radius 3 is 2.79 bits per heavy atom. The summed E-state index contributed by atoms with van der Waals surface area (Å²) in [4.78, 5) is 2.54. The van der Waals surface area contributed by atoms with E-state index in [2.05, 4.69) is 31.0 Å². The number of rotatable bonds is 3. The van der Waals surface area contributed by atoms with E-state index >= 15 is 0 Å². The topological polar surface area (TPSA) is 35.5 Å². The van der Waals surface area contributed by atoms with Gasteiger partial charge in [-0.15, -0.1) is 0 Å². The van der Waals surface area contributed by atoms with E-state index in [1.165, 1.54) is 6.42 Å². The second-order valence-corrected chi connectivity index (χ2v) is 4.55. The van der Waals surface area contributed by atoms with E-state index in [4.69, 9.17) is 5.11 Å². The fourth-order valence-corrected chi connectivity index (χ4v) is 2.52. The quantitative estimate of drug-likeness (QED) is 0.708. The first-order valence-electron chi connectivity index (χ1n) is 5.75. The number of aliphatic hydroxyl groups excluding tert-OH is 1. The molecule has 1 heterocycles. The number of aliphatic hydroxyl groups is 1. The third kappa shape index (κ3) is 2.94. The summed E-state index contributed by atoms with van der Waals surface area (Å²) in [6, 6.07) is 1.69. The second-order valence-electron chi connectivity index (χ2n) is 4.55.